The minimum atomic E-state index is -0.105. The Bertz CT molecular complexity index is 1530. The molecule has 0 amide bonds. The molecule has 1 aromatic carbocycles. The highest BCUT2D eigenvalue weighted by atomic mass is 16.1. The molecule has 194 valence electrons. The first-order valence-electron chi connectivity index (χ1n) is 13.1. The molecule has 1 aliphatic rings. The number of hydrogen-bond acceptors (Lipinski definition) is 6. The molecular formula is C29H37N7O. The first-order chi connectivity index (χ1) is 17.5. The standard InChI is InChI=1S/C29H37N7O/c1-8-28(4,5)24-14-21(11-12-31-24)36-25-22(26(37)35(36)18(2)3)16-32-27(34-25)33-20-9-10-23-19(13-20)15-30-17-29(23,6)7/h9-14,16,18,30H,8,15,17H2,1-7H3,(H,32,33,34). The van der Waals surface area contributed by atoms with Gasteiger partial charge in [0.2, 0.25) is 5.95 Å². The number of nitrogens with one attached hydrogen (secondary N) is 2. The summed E-state index contributed by atoms with van der Waals surface area (Å²) in [6.45, 7) is 16.8. The smallest absolute Gasteiger partial charge is 0.278 e. The van der Waals surface area contributed by atoms with Crippen LogP contribution in [0.25, 0.3) is 16.7 Å². The second kappa shape index (κ2) is 9.10. The maximum atomic E-state index is 13.4. The predicted molar refractivity (Wildman–Crippen MR) is 149 cm³/mol. The molecule has 4 heterocycles. The second-order valence-corrected chi connectivity index (χ2v) is 11.6. The number of aromatic nitrogens is 5. The van der Waals surface area contributed by atoms with Crippen molar-refractivity contribution in [2.75, 3.05) is 11.9 Å². The van der Waals surface area contributed by atoms with Crippen molar-refractivity contribution in [1.82, 2.24) is 29.6 Å². The van der Waals surface area contributed by atoms with Crippen LogP contribution < -0.4 is 16.2 Å². The molecule has 0 spiro atoms. The van der Waals surface area contributed by atoms with Gasteiger partial charge >= 0.3 is 0 Å². The maximum Gasteiger partial charge on any atom is 0.278 e. The first kappa shape index (κ1) is 25.1. The van der Waals surface area contributed by atoms with Crippen LogP contribution in [-0.4, -0.2) is 30.9 Å². The van der Waals surface area contributed by atoms with E-state index in [-0.39, 0.29) is 22.4 Å². The highest BCUT2D eigenvalue weighted by molar-refractivity contribution is 5.77. The Kier molecular flexibility index (Phi) is 6.18. The van der Waals surface area contributed by atoms with Crippen molar-refractivity contribution in [3.8, 4) is 5.69 Å². The van der Waals surface area contributed by atoms with Gasteiger partial charge in [0.15, 0.2) is 5.65 Å². The van der Waals surface area contributed by atoms with Crippen molar-refractivity contribution in [1.29, 1.82) is 0 Å². The molecule has 0 fully saturated rings. The average molecular weight is 500 g/mol. The molecule has 3 aromatic heterocycles. The fourth-order valence-corrected chi connectivity index (χ4v) is 5.09. The van der Waals surface area contributed by atoms with E-state index in [1.54, 1.807) is 10.9 Å². The molecule has 1 aliphatic heterocycles. The number of pyridine rings is 1. The van der Waals surface area contributed by atoms with Crippen molar-refractivity contribution in [3.63, 3.8) is 0 Å². The van der Waals surface area contributed by atoms with Crippen LogP contribution in [0.15, 0.2) is 47.5 Å². The average Bonchev–Trinajstić information content (AvgIpc) is 3.15. The van der Waals surface area contributed by atoms with E-state index >= 15 is 0 Å². The fraction of sp³-hybridized carbons (Fsp3) is 0.448. The van der Waals surface area contributed by atoms with Gasteiger partial charge in [0, 0.05) is 53.7 Å². The maximum absolute atomic E-state index is 13.4. The molecule has 0 bridgehead atoms. The van der Waals surface area contributed by atoms with E-state index in [1.165, 1.54) is 11.1 Å². The highest BCUT2D eigenvalue weighted by Gasteiger charge is 2.27. The molecular weight excluding hydrogens is 462 g/mol. The molecule has 8 nitrogen and oxygen atoms in total. The summed E-state index contributed by atoms with van der Waals surface area (Å²) in [5.74, 6) is 0.452. The van der Waals surface area contributed by atoms with Gasteiger partial charge in [0.05, 0.1) is 5.69 Å². The van der Waals surface area contributed by atoms with E-state index in [9.17, 15) is 4.79 Å². The Hall–Kier alpha value is -3.52. The van der Waals surface area contributed by atoms with Crippen LogP contribution in [0.5, 0.6) is 0 Å². The zero-order valence-electron chi connectivity index (χ0n) is 22.9. The molecule has 0 unspecified atom stereocenters. The van der Waals surface area contributed by atoms with Gasteiger partial charge in [0.25, 0.3) is 5.56 Å². The number of anilines is 2. The van der Waals surface area contributed by atoms with Crippen LogP contribution in [0.3, 0.4) is 0 Å². The summed E-state index contributed by atoms with van der Waals surface area (Å²) in [7, 11) is 0. The van der Waals surface area contributed by atoms with Gasteiger partial charge in [-0.25, -0.2) is 14.3 Å². The monoisotopic (exact) mass is 499 g/mol. The third-order valence-corrected chi connectivity index (χ3v) is 7.65. The van der Waals surface area contributed by atoms with Crippen LogP contribution in [0, 0.1) is 0 Å². The summed E-state index contributed by atoms with van der Waals surface area (Å²) in [5, 5.41) is 7.36. The summed E-state index contributed by atoms with van der Waals surface area (Å²) < 4.78 is 3.65. The van der Waals surface area contributed by atoms with Gasteiger partial charge in [-0.1, -0.05) is 40.7 Å². The Labute approximate surface area is 218 Å². The van der Waals surface area contributed by atoms with Crippen molar-refractivity contribution >= 4 is 22.7 Å². The van der Waals surface area contributed by atoms with Crippen LogP contribution in [0.4, 0.5) is 11.6 Å². The lowest BCUT2D eigenvalue weighted by Crippen LogP contribution is -2.38. The van der Waals surface area contributed by atoms with Gasteiger partial charge < -0.3 is 10.6 Å². The lowest BCUT2D eigenvalue weighted by Gasteiger charge is -2.33. The van der Waals surface area contributed by atoms with Gasteiger partial charge in [-0.3, -0.25) is 9.78 Å². The molecule has 8 heteroatoms. The number of rotatable bonds is 6. The van der Waals surface area contributed by atoms with E-state index in [0.717, 1.165) is 36.6 Å². The third kappa shape index (κ3) is 4.44. The Morgan fingerprint density at radius 2 is 1.95 bits per heavy atom. The Morgan fingerprint density at radius 3 is 2.68 bits per heavy atom. The largest absolute Gasteiger partial charge is 0.324 e. The van der Waals surface area contributed by atoms with E-state index < -0.39 is 0 Å². The topological polar surface area (TPSA) is 89.7 Å². The quantitative estimate of drug-likeness (QED) is 0.371. The predicted octanol–water partition coefficient (Wildman–Crippen LogP) is 5.37. The van der Waals surface area contributed by atoms with E-state index in [1.807, 2.05) is 30.8 Å². The molecule has 2 N–H and O–H groups in total. The van der Waals surface area contributed by atoms with Gasteiger partial charge in [-0.15, -0.1) is 0 Å². The molecule has 0 atom stereocenters. The summed E-state index contributed by atoms with van der Waals surface area (Å²) in [6.07, 6.45) is 4.40. The van der Waals surface area contributed by atoms with Crippen molar-refractivity contribution in [2.45, 2.75) is 78.3 Å². The van der Waals surface area contributed by atoms with Gasteiger partial charge in [-0.2, -0.15) is 4.98 Å². The minimum Gasteiger partial charge on any atom is -0.324 e. The van der Waals surface area contributed by atoms with E-state index in [2.05, 4.69) is 79.5 Å². The summed E-state index contributed by atoms with van der Waals surface area (Å²) in [4.78, 5) is 27.4. The number of hydrogen-bond donors (Lipinski definition) is 2. The lowest BCUT2D eigenvalue weighted by molar-refractivity contribution is 0.435. The number of nitrogens with zero attached hydrogens (tertiary/aromatic N) is 5. The van der Waals surface area contributed by atoms with Crippen LogP contribution in [-0.2, 0) is 17.4 Å². The Morgan fingerprint density at radius 1 is 1.16 bits per heavy atom. The highest BCUT2D eigenvalue weighted by Crippen LogP contribution is 2.32. The molecule has 37 heavy (non-hydrogen) atoms. The van der Waals surface area contributed by atoms with E-state index in [4.69, 9.17) is 4.98 Å². The number of benzene rings is 1. The lowest BCUT2D eigenvalue weighted by atomic mass is 9.79. The van der Waals surface area contributed by atoms with Crippen molar-refractivity contribution < 1.29 is 0 Å². The summed E-state index contributed by atoms with van der Waals surface area (Å²) in [6, 6.07) is 10.4. The van der Waals surface area contributed by atoms with Gasteiger partial charge in [-0.05, 0) is 55.7 Å². The molecule has 0 radical (unpaired) electrons. The van der Waals surface area contributed by atoms with Crippen molar-refractivity contribution in [3.05, 3.63) is 69.9 Å². The number of fused-ring (bicyclic) bond motifs is 2. The normalized spacial score (nSPS) is 15.2. The SMILES string of the molecule is CCC(C)(C)c1cc(-n2c3nc(Nc4ccc5c(c4)CNCC5(C)C)ncc3c(=O)n2C(C)C)ccn1. The molecule has 4 aromatic rings. The fourth-order valence-electron chi connectivity index (χ4n) is 5.09. The van der Waals surface area contributed by atoms with E-state index in [0.29, 0.717) is 17.0 Å². The molecule has 5 rings (SSSR count). The summed E-state index contributed by atoms with van der Waals surface area (Å²) in [5.41, 5.74) is 5.87. The van der Waals surface area contributed by atoms with Crippen LogP contribution >= 0.6 is 0 Å². The molecule has 0 saturated carbocycles. The first-order valence-corrected chi connectivity index (χ1v) is 13.1. The second-order valence-electron chi connectivity index (χ2n) is 11.6. The zero-order valence-corrected chi connectivity index (χ0v) is 22.9. The Balaban J connectivity index is 1.61. The van der Waals surface area contributed by atoms with Crippen LogP contribution in [0.1, 0.15) is 77.7 Å². The minimum absolute atomic E-state index is 0.0644. The molecule has 0 aliphatic carbocycles. The summed E-state index contributed by atoms with van der Waals surface area (Å²) >= 11 is 0. The molecule has 0 saturated heterocycles. The zero-order chi connectivity index (χ0) is 26.5. The third-order valence-electron chi connectivity index (χ3n) is 7.65. The van der Waals surface area contributed by atoms with Gasteiger partial charge in [0.1, 0.15) is 5.39 Å². The van der Waals surface area contributed by atoms with Crippen LogP contribution in [0.2, 0.25) is 0 Å². The van der Waals surface area contributed by atoms with Crippen molar-refractivity contribution in [2.24, 2.45) is 0 Å².